The molecule has 3 heteroatoms. The molecule has 0 bridgehead atoms. The third kappa shape index (κ3) is 5.36. The molecule has 0 aromatic rings. The number of nitrogens with zero attached hydrogens (tertiary/aromatic N) is 1. The fraction of sp³-hybridized carbons (Fsp3) is 0.636. The highest BCUT2D eigenvalue weighted by molar-refractivity contribution is 5.92. The van der Waals surface area contributed by atoms with Crippen molar-refractivity contribution in [2.75, 3.05) is 6.61 Å². The lowest BCUT2D eigenvalue weighted by Crippen LogP contribution is -2.07. The van der Waals surface area contributed by atoms with Crippen molar-refractivity contribution in [2.24, 2.45) is 0 Å². The Kier molecular flexibility index (Phi) is 7.53. The van der Waals surface area contributed by atoms with Gasteiger partial charge in [0, 0.05) is 0 Å². The van der Waals surface area contributed by atoms with Gasteiger partial charge in [0.2, 0.25) is 0 Å². The molecule has 0 aromatic heterocycles. The van der Waals surface area contributed by atoms with Crippen molar-refractivity contribution in [1.29, 1.82) is 5.26 Å². The normalized spacial score (nSPS) is 10.8. The number of ether oxygens (including phenoxy) is 1. The van der Waals surface area contributed by atoms with Gasteiger partial charge >= 0.3 is 5.97 Å². The van der Waals surface area contributed by atoms with Crippen LogP contribution in [0.2, 0.25) is 0 Å². The lowest BCUT2D eigenvalue weighted by Gasteiger charge is -2.01. The molecule has 0 amide bonds. The molecular weight excluding hydrogens is 178 g/mol. The van der Waals surface area contributed by atoms with Crippen LogP contribution in [0.25, 0.3) is 0 Å². The Morgan fingerprint density at radius 1 is 1.43 bits per heavy atom. The Morgan fingerprint density at radius 2 is 2.14 bits per heavy atom. The number of rotatable bonds is 6. The fourth-order valence-corrected chi connectivity index (χ4v) is 0.850. The highest BCUT2D eigenvalue weighted by atomic mass is 16.5. The van der Waals surface area contributed by atoms with Crippen molar-refractivity contribution < 1.29 is 9.53 Å². The largest absolute Gasteiger partial charge is 0.462 e. The standard InChI is InChI=1S/C11H17NO2/c1-3-5-7-10(9-12)11(13)14-8-6-4-2/h7H,3-6,8H2,1-2H3. The predicted octanol–water partition coefficient (Wildman–Crippen LogP) is 2.58. The molecule has 0 unspecified atom stereocenters. The van der Waals surface area contributed by atoms with Crippen molar-refractivity contribution >= 4 is 5.97 Å². The van der Waals surface area contributed by atoms with E-state index in [2.05, 4.69) is 0 Å². The maximum atomic E-state index is 11.2. The summed E-state index contributed by atoms with van der Waals surface area (Å²) < 4.78 is 4.90. The summed E-state index contributed by atoms with van der Waals surface area (Å²) in [7, 11) is 0. The zero-order chi connectivity index (χ0) is 10.8. The summed E-state index contributed by atoms with van der Waals surface area (Å²) in [5.41, 5.74) is 0.128. The summed E-state index contributed by atoms with van der Waals surface area (Å²) in [4.78, 5) is 11.2. The van der Waals surface area contributed by atoms with Gasteiger partial charge < -0.3 is 4.74 Å². The zero-order valence-corrected chi connectivity index (χ0v) is 8.88. The van der Waals surface area contributed by atoms with Crippen molar-refractivity contribution in [3.8, 4) is 6.07 Å². The highest BCUT2D eigenvalue weighted by Crippen LogP contribution is 2.01. The van der Waals surface area contributed by atoms with E-state index in [-0.39, 0.29) is 5.57 Å². The molecule has 14 heavy (non-hydrogen) atoms. The van der Waals surface area contributed by atoms with Crippen molar-refractivity contribution in [1.82, 2.24) is 0 Å². The van der Waals surface area contributed by atoms with E-state index in [0.29, 0.717) is 6.61 Å². The minimum Gasteiger partial charge on any atom is -0.462 e. The predicted molar refractivity (Wildman–Crippen MR) is 54.5 cm³/mol. The molecule has 0 aliphatic heterocycles. The number of carbonyl (C=O) groups is 1. The molecule has 0 aromatic carbocycles. The first-order valence-corrected chi connectivity index (χ1v) is 5.03. The molecule has 0 aliphatic rings. The topological polar surface area (TPSA) is 50.1 Å². The molecule has 0 N–H and O–H groups in total. The van der Waals surface area contributed by atoms with Crippen LogP contribution < -0.4 is 0 Å². The lowest BCUT2D eigenvalue weighted by atomic mass is 10.2. The van der Waals surface area contributed by atoms with E-state index in [0.717, 1.165) is 25.7 Å². The van der Waals surface area contributed by atoms with E-state index in [1.54, 1.807) is 6.08 Å². The molecular formula is C11H17NO2. The minimum absolute atomic E-state index is 0.128. The third-order valence-electron chi connectivity index (χ3n) is 1.71. The average molecular weight is 195 g/mol. The lowest BCUT2D eigenvalue weighted by molar-refractivity contribution is -0.138. The number of carbonyl (C=O) groups excluding carboxylic acids is 1. The van der Waals surface area contributed by atoms with E-state index >= 15 is 0 Å². The first-order chi connectivity index (χ1) is 6.76. The van der Waals surface area contributed by atoms with Gasteiger partial charge in [-0.1, -0.05) is 32.8 Å². The minimum atomic E-state index is -0.491. The maximum absolute atomic E-state index is 11.2. The molecule has 0 rings (SSSR count). The Morgan fingerprint density at radius 3 is 2.64 bits per heavy atom. The maximum Gasteiger partial charge on any atom is 0.348 e. The second-order valence-electron chi connectivity index (χ2n) is 3.01. The molecule has 0 saturated heterocycles. The summed E-state index contributed by atoms with van der Waals surface area (Å²) >= 11 is 0. The van der Waals surface area contributed by atoms with Gasteiger partial charge in [0.1, 0.15) is 11.6 Å². The molecule has 78 valence electrons. The van der Waals surface area contributed by atoms with Crippen molar-refractivity contribution in [2.45, 2.75) is 39.5 Å². The summed E-state index contributed by atoms with van der Waals surface area (Å²) in [5.74, 6) is -0.491. The van der Waals surface area contributed by atoms with Crippen LogP contribution >= 0.6 is 0 Å². The van der Waals surface area contributed by atoms with Gasteiger partial charge in [0.25, 0.3) is 0 Å². The number of nitriles is 1. The molecule has 0 aliphatic carbocycles. The molecule has 0 atom stereocenters. The van der Waals surface area contributed by atoms with Crippen LogP contribution in [0.15, 0.2) is 11.6 Å². The van der Waals surface area contributed by atoms with E-state index in [1.165, 1.54) is 0 Å². The fourth-order valence-electron chi connectivity index (χ4n) is 0.850. The second-order valence-corrected chi connectivity index (χ2v) is 3.01. The van der Waals surface area contributed by atoms with Crippen LogP contribution in [0, 0.1) is 11.3 Å². The van der Waals surface area contributed by atoms with Gasteiger partial charge in [-0.2, -0.15) is 5.26 Å². The number of hydrogen-bond donors (Lipinski definition) is 0. The highest BCUT2D eigenvalue weighted by Gasteiger charge is 2.08. The quantitative estimate of drug-likeness (QED) is 0.283. The smallest absolute Gasteiger partial charge is 0.348 e. The van der Waals surface area contributed by atoms with Crippen LogP contribution in [0.5, 0.6) is 0 Å². The third-order valence-corrected chi connectivity index (χ3v) is 1.71. The first kappa shape index (κ1) is 12.7. The van der Waals surface area contributed by atoms with E-state index < -0.39 is 5.97 Å². The SMILES string of the molecule is CCCC=C(C#N)C(=O)OCCCC. The van der Waals surface area contributed by atoms with Crippen molar-refractivity contribution in [3.05, 3.63) is 11.6 Å². The van der Waals surface area contributed by atoms with E-state index in [9.17, 15) is 4.79 Å². The van der Waals surface area contributed by atoms with Gasteiger partial charge in [-0.3, -0.25) is 0 Å². The van der Waals surface area contributed by atoms with Crippen LogP contribution in [-0.2, 0) is 9.53 Å². The van der Waals surface area contributed by atoms with Crippen LogP contribution in [0.1, 0.15) is 39.5 Å². The molecule has 0 fully saturated rings. The first-order valence-electron chi connectivity index (χ1n) is 5.03. The number of esters is 1. The Bertz CT molecular complexity index is 238. The average Bonchev–Trinajstić information content (AvgIpc) is 2.19. The molecule has 3 nitrogen and oxygen atoms in total. The summed E-state index contributed by atoms with van der Waals surface area (Å²) in [5, 5.41) is 8.66. The number of unbranched alkanes of at least 4 members (excludes halogenated alkanes) is 2. The Hall–Kier alpha value is -1.30. The van der Waals surface area contributed by atoms with Gasteiger partial charge in [-0.05, 0) is 12.8 Å². The van der Waals surface area contributed by atoms with Gasteiger partial charge in [0.15, 0.2) is 0 Å². The van der Waals surface area contributed by atoms with Gasteiger partial charge in [-0.25, -0.2) is 4.79 Å². The van der Waals surface area contributed by atoms with Crippen molar-refractivity contribution in [3.63, 3.8) is 0 Å². The molecule has 0 saturated carbocycles. The molecule has 0 radical (unpaired) electrons. The second kappa shape index (κ2) is 8.31. The summed E-state index contributed by atoms with van der Waals surface area (Å²) in [6.45, 7) is 4.42. The van der Waals surface area contributed by atoms with E-state index in [1.807, 2.05) is 19.9 Å². The summed E-state index contributed by atoms with van der Waals surface area (Å²) in [6, 6.07) is 1.85. The monoisotopic (exact) mass is 195 g/mol. The molecule has 0 spiro atoms. The van der Waals surface area contributed by atoms with Crippen LogP contribution in [-0.4, -0.2) is 12.6 Å². The van der Waals surface area contributed by atoms with E-state index in [4.69, 9.17) is 10.00 Å². The Labute approximate surface area is 85.4 Å². The number of allylic oxidation sites excluding steroid dienone is 1. The molecule has 0 heterocycles. The van der Waals surface area contributed by atoms with Gasteiger partial charge in [-0.15, -0.1) is 0 Å². The summed E-state index contributed by atoms with van der Waals surface area (Å²) in [6.07, 6.45) is 5.12. The van der Waals surface area contributed by atoms with Crippen LogP contribution in [0.3, 0.4) is 0 Å². The van der Waals surface area contributed by atoms with Gasteiger partial charge in [0.05, 0.1) is 6.61 Å². The number of hydrogen-bond acceptors (Lipinski definition) is 3. The Balaban J connectivity index is 4.00. The zero-order valence-electron chi connectivity index (χ0n) is 8.88. The van der Waals surface area contributed by atoms with Crippen LogP contribution in [0.4, 0.5) is 0 Å².